The molecule has 1 unspecified atom stereocenters. The van der Waals surface area contributed by atoms with Crippen LogP contribution in [-0.2, 0) is 4.79 Å². The Hall–Kier alpha value is -1.02. The zero-order chi connectivity index (χ0) is 12.5. The maximum atomic E-state index is 11.7. The molecule has 1 rings (SSSR count). The Balaban J connectivity index is 2.44. The molecule has 0 bridgehead atoms. The quantitative estimate of drug-likeness (QED) is 0.583. The summed E-state index contributed by atoms with van der Waals surface area (Å²) < 4.78 is 0. The van der Waals surface area contributed by atoms with E-state index in [4.69, 9.17) is 11.6 Å². The van der Waals surface area contributed by atoms with Crippen molar-refractivity contribution in [3.8, 4) is 0 Å². The Bertz CT molecular complexity index is 326. The van der Waals surface area contributed by atoms with Crippen molar-refractivity contribution in [2.45, 2.75) is 38.6 Å². The van der Waals surface area contributed by atoms with E-state index in [9.17, 15) is 4.79 Å². The number of carbonyl (C=O) groups is 1. The van der Waals surface area contributed by atoms with Crippen molar-refractivity contribution in [2.24, 2.45) is 0 Å². The molecule has 1 N–H and O–H groups in total. The van der Waals surface area contributed by atoms with Gasteiger partial charge in [0, 0.05) is 12.3 Å². The summed E-state index contributed by atoms with van der Waals surface area (Å²) in [5.41, 5.74) is 1.17. The van der Waals surface area contributed by atoms with Crippen molar-refractivity contribution < 1.29 is 4.79 Å². The summed E-state index contributed by atoms with van der Waals surface area (Å²) in [6.07, 6.45) is 3.24. The smallest absolute Gasteiger partial charge is 0.220 e. The fourth-order valence-corrected chi connectivity index (χ4v) is 1.94. The molecule has 0 spiro atoms. The Morgan fingerprint density at radius 3 is 2.59 bits per heavy atom. The van der Waals surface area contributed by atoms with Crippen LogP contribution in [-0.4, -0.2) is 11.8 Å². The van der Waals surface area contributed by atoms with E-state index < -0.39 is 0 Å². The van der Waals surface area contributed by atoms with Gasteiger partial charge in [-0.2, -0.15) is 0 Å². The SMILES string of the molecule is CCC(NC(=O)CCCCCl)c1ccccc1. The van der Waals surface area contributed by atoms with Gasteiger partial charge in [-0.25, -0.2) is 0 Å². The third kappa shape index (κ3) is 5.22. The number of hydrogen-bond acceptors (Lipinski definition) is 1. The predicted octanol–water partition coefficient (Wildman–Crippen LogP) is 3.66. The molecule has 3 heteroatoms. The van der Waals surface area contributed by atoms with Crippen molar-refractivity contribution in [3.63, 3.8) is 0 Å². The summed E-state index contributed by atoms with van der Waals surface area (Å²) in [4.78, 5) is 11.7. The molecule has 0 saturated carbocycles. The van der Waals surface area contributed by atoms with Crippen LogP contribution < -0.4 is 5.32 Å². The van der Waals surface area contributed by atoms with Crippen LogP contribution in [0.3, 0.4) is 0 Å². The van der Waals surface area contributed by atoms with Gasteiger partial charge in [0.2, 0.25) is 5.91 Å². The Kier molecular flexibility index (Phi) is 6.71. The molecule has 1 atom stereocenters. The number of hydrogen-bond donors (Lipinski definition) is 1. The summed E-state index contributed by atoms with van der Waals surface area (Å²) in [5.74, 6) is 0.745. The van der Waals surface area contributed by atoms with Gasteiger partial charge in [0.15, 0.2) is 0 Å². The molecule has 0 fully saturated rings. The summed E-state index contributed by atoms with van der Waals surface area (Å²) >= 11 is 5.58. The molecule has 17 heavy (non-hydrogen) atoms. The highest BCUT2D eigenvalue weighted by Crippen LogP contribution is 2.16. The number of benzene rings is 1. The molecule has 1 aromatic rings. The van der Waals surface area contributed by atoms with Crippen LogP contribution in [0.2, 0.25) is 0 Å². The van der Waals surface area contributed by atoms with Gasteiger partial charge in [0.05, 0.1) is 6.04 Å². The molecule has 94 valence electrons. The summed E-state index contributed by atoms with van der Waals surface area (Å²) in [5, 5.41) is 3.06. The standard InChI is InChI=1S/C14H20ClNO/c1-2-13(12-8-4-3-5-9-12)16-14(17)10-6-7-11-15/h3-5,8-9,13H,2,6-7,10-11H2,1H3,(H,16,17). The summed E-state index contributed by atoms with van der Waals surface area (Å²) in [6.45, 7) is 2.08. The van der Waals surface area contributed by atoms with E-state index in [1.165, 1.54) is 5.56 Å². The summed E-state index contributed by atoms with van der Waals surface area (Å²) in [7, 11) is 0. The minimum Gasteiger partial charge on any atom is -0.349 e. The second-order valence-corrected chi connectivity index (χ2v) is 4.46. The van der Waals surface area contributed by atoms with Gasteiger partial charge in [-0.05, 0) is 24.8 Å². The van der Waals surface area contributed by atoms with Gasteiger partial charge in [0.25, 0.3) is 0 Å². The predicted molar refractivity (Wildman–Crippen MR) is 72.2 cm³/mol. The van der Waals surface area contributed by atoms with E-state index in [-0.39, 0.29) is 11.9 Å². The number of unbranched alkanes of at least 4 members (excludes halogenated alkanes) is 1. The second kappa shape index (κ2) is 8.13. The number of halogens is 1. The molecule has 1 aromatic carbocycles. The van der Waals surface area contributed by atoms with Gasteiger partial charge in [0.1, 0.15) is 0 Å². The molecular formula is C14H20ClNO. The molecule has 0 aliphatic rings. The lowest BCUT2D eigenvalue weighted by atomic mass is 10.0. The van der Waals surface area contributed by atoms with E-state index in [0.717, 1.165) is 19.3 Å². The van der Waals surface area contributed by atoms with Gasteiger partial charge < -0.3 is 5.32 Å². The van der Waals surface area contributed by atoms with Crippen LogP contribution in [0.1, 0.15) is 44.2 Å². The summed E-state index contributed by atoms with van der Waals surface area (Å²) in [6, 6.07) is 10.2. The molecule has 0 aliphatic carbocycles. The van der Waals surface area contributed by atoms with E-state index in [2.05, 4.69) is 12.2 Å². The van der Waals surface area contributed by atoms with Crippen LogP contribution in [0.15, 0.2) is 30.3 Å². The molecule has 2 nitrogen and oxygen atoms in total. The lowest BCUT2D eigenvalue weighted by Gasteiger charge is -2.17. The first-order chi connectivity index (χ1) is 8.27. The zero-order valence-corrected chi connectivity index (χ0v) is 11.0. The van der Waals surface area contributed by atoms with Crippen molar-refractivity contribution >= 4 is 17.5 Å². The Morgan fingerprint density at radius 2 is 2.00 bits per heavy atom. The third-order valence-corrected chi connectivity index (χ3v) is 3.00. The Morgan fingerprint density at radius 1 is 1.29 bits per heavy atom. The number of amides is 1. The second-order valence-electron chi connectivity index (χ2n) is 4.09. The normalized spacial score (nSPS) is 12.1. The largest absolute Gasteiger partial charge is 0.349 e. The molecule has 0 aliphatic heterocycles. The first-order valence-corrected chi connectivity index (χ1v) is 6.71. The Labute approximate surface area is 108 Å². The van der Waals surface area contributed by atoms with Crippen molar-refractivity contribution in [2.75, 3.05) is 5.88 Å². The van der Waals surface area contributed by atoms with E-state index in [1.54, 1.807) is 0 Å². The highest BCUT2D eigenvalue weighted by Gasteiger charge is 2.11. The average molecular weight is 254 g/mol. The topological polar surface area (TPSA) is 29.1 Å². The minimum absolute atomic E-state index is 0.116. The fourth-order valence-electron chi connectivity index (χ4n) is 1.75. The zero-order valence-electron chi connectivity index (χ0n) is 10.3. The molecule has 0 radical (unpaired) electrons. The van der Waals surface area contributed by atoms with E-state index in [0.29, 0.717) is 12.3 Å². The average Bonchev–Trinajstić information content (AvgIpc) is 2.37. The van der Waals surface area contributed by atoms with Crippen LogP contribution in [0.4, 0.5) is 0 Å². The van der Waals surface area contributed by atoms with E-state index >= 15 is 0 Å². The van der Waals surface area contributed by atoms with Gasteiger partial charge >= 0.3 is 0 Å². The first-order valence-electron chi connectivity index (χ1n) is 6.18. The van der Waals surface area contributed by atoms with Crippen LogP contribution in [0, 0.1) is 0 Å². The van der Waals surface area contributed by atoms with Crippen molar-refractivity contribution in [1.29, 1.82) is 0 Å². The van der Waals surface area contributed by atoms with Gasteiger partial charge in [-0.15, -0.1) is 11.6 Å². The molecule has 0 aromatic heterocycles. The minimum atomic E-state index is 0.116. The maximum absolute atomic E-state index is 11.7. The van der Waals surface area contributed by atoms with Crippen molar-refractivity contribution in [1.82, 2.24) is 5.32 Å². The monoisotopic (exact) mass is 253 g/mol. The van der Waals surface area contributed by atoms with E-state index in [1.807, 2.05) is 30.3 Å². The van der Waals surface area contributed by atoms with Crippen LogP contribution >= 0.6 is 11.6 Å². The maximum Gasteiger partial charge on any atom is 0.220 e. The van der Waals surface area contributed by atoms with Gasteiger partial charge in [-0.3, -0.25) is 4.79 Å². The fraction of sp³-hybridized carbons (Fsp3) is 0.500. The lowest BCUT2D eigenvalue weighted by molar-refractivity contribution is -0.122. The number of carbonyl (C=O) groups excluding carboxylic acids is 1. The highest BCUT2D eigenvalue weighted by atomic mass is 35.5. The van der Waals surface area contributed by atoms with Crippen molar-refractivity contribution in [3.05, 3.63) is 35.9 Å². The number of nitrogens with one attached hydrogen (secondary N) is 1. The first kappa shape index (κ1) is 14.0. The number of rotatable bonds is 7. The molecule has 0 saturated heterocycles. The van der Waals surface area contributed by atoms with Gasteiger partial charge in [-0.1, -0.05) is 37.3 Å². The molecule has 1 amide bonds. The van der Waals surface area contributed by atoms with Crippen LogP contribution in [0.25, 0.3) is 0 Å². The third-order valence-electron chi connectivity index (χ3n) is 2.73. The molecular weight excluding hydrogens is 234 g/mol. The highest BCUT2D eigenvalue weighted by molar-refractivity contribution is 6.17. The number of alkyl halides is 1. The lowest BCUT2D eigenvalue weighted by Crippen LogP contribution is -2.27. The molecule has 0 heterocycles. The van der Waals surface area contributed by atoms with Crippen LogP contribution in [0.5, 0.6) is 0 Å².